The first-order valence-corrected chi connectivity index (χ1v) is 7.28. The third-order valence-electron chi connectivity index (χ3n) is 3.03. The van der Waals surface area contributed by atoms with Gasteiger partial charge in [-0.05, 0) is 68.6 Å². The summed E-state index contributed by atoms with van der Waals surface area (Å²) in [7, 11) is 0. The van der Waals surface area contributed by atoms with Crippen molar-refractivity contribution in [3.05, 3.63) is 36.5 Å². The fraction of sp³-hybridized carbons (Fsp3) is 0.467. The Labute approximate surface area is 115 Å². The third kappa shape index (κ3) is 4.39. The van der Waals surface area contributed by atoms with Crippen LogP contribution in [-0.2, 0) is 6.42 Å². The first kappa shape index (κ1) is 15.1. The summed E-state index contributed by atoms with van der Waals surface area (Å²) < 4.78 is 3.53. The zero-order chi connectivity index (χ0) is 13.6. The minimum absolute atomic E-state index is 0.160. The predicted octanol–water partition coefficient (Wildman–Crippen LogP) is 4.59. The van der Waals surface area contributed by atoms with Gasteiger partial charge in [-0.2, -0.15) is 0 Å². The van der Waals surface area contributed by atoms with E-state index in [4.69, 9.17) is 0 Å². The summed E-state index contributed by atoms with van der Waals surface area (Å²) in [6.45, 7) is 12.5. The molecule has 0 bridgehead atoms. The van der Waals surface area contributed by atoms with Crippen LogP contribution >= 0.6 is 11.9 Å². The molecule has 3 heteroatoms. The van der Waals surface area contributed by atoms with Gasteiger partial charge in [0.25, 0.3) is 0 Å². The van der Waals surface area contributed by atoms with Crippen molar-refractivity contribution in [1.82, 2.24) is 4.72 Å². The first-order valence-electron chi connectivity index (χ1n) is 6.46. The summed E-state index contributed by atoms with van der Waals surface area (Å²) >= 11 is 1.73. The number of hydrogen-bond donors (Lipinski definition) is 2. The lowest BCUT2D eigenvalue weighted by molar-refractivity contribution is 0.464. The van der Waals surface area contributed by atoms with Crippen molar-refractivity contribution in [2.75, 3.05) is 5.32 Å². The number of nitrogens with one attached hydrogen (secondary N) is 2. The highest BCUT2D eigenvalue weighted by Crippen LogP contribution is 2.26. The van der Waals surface area contributed by atoms with Crippen LogP contribution in [0, 0.1) is 0 Å². The summed E-state index contributed by atoms with van der Waals surface area (Å²) in [6.07, 6.45) is 3.85. The molecule has 0 aliphatic rings. The van der Waals surface area contributed by atoms with Crippen LogP contribution in [0.4, 0.5) is 5.69 Å². The van der Waals surface area contributed by atoms with E-state index in [1.54, 1.807) is 18.1 Å². The Balaban J connectivity index is 2.79. The molecule has 1 aromatic carbocycles. The molecule has 0 unspecified atom stereocenters. The maximum atomic E-state index is 3.68. The lowest BCUT2D eigenvalue weighted by Gasteiger charge is -2.24. The van der Waals surface area contributed by atoms with Crippen LogP contribution in [0.15, 0.2) is 35.9 Å². The molecule has 0 aliphatic carbocycles. The van der Waals surface area contributed by atoms with E-state index in [2.05, 4.69) is 62.5 Å². The molecule has 18 heavy (non-hydrogen) atoms. The smallest absolute Gasteiger partial charge is 0.0383 e. The molecule has 100 valence electrons. The van der Waals surface area contributed by atoms with E-state index in [1.165, 1.54) is 10.5 Å². The van der Waals surface area contributed by atoms with Gasteiger partial charge in [-0.1, -0.05) is 20.4 Å². The Kier molecular flexibility index (Phi) is 5.76. The SMILES string of the molecule is C=CNc1ccc(SNC(C)(C)CC)c(CC)c1. The van der Waals surface area contributed by atoms with Gasteiger partial charge in [0.15, 0.2) is 0 Å². The minimum Gasteiger partial charge on any atom is -0.362 e. The standard InChI is InChI=1S/C15H24N2S/c1-6-12-11-13(16-8-3)9-10-14(12)18-17-15(4,5)7-2/h8-11,16-17H,3,6-7H2,1-2,4-5H3. The second-order valence-electron chi connectivity index (χ2n) is 4.97. The molecular formula is C15H24N2S. The molecule has 1 aromatic rings. The van der Waals surface area contributed by atoms with Gasteiger partial charge in [0, 0.05) is 16.1 Å². The van der Waals surface area contributed by atoms with Crippen LogP contribution in [0.2, 0.25) is 0 Å². The van der Waals surface area contributed by atoms with Crippen LogP contribution in [0.3, 0.4) is 0 Å². The van der Waals surface area contributed by atoms with Crippen LogP contribution in [0.5, 0.6) is 0 Å². The Bertz CT molecular complexity index is 399. The number of hydrogen-bond acceptors (Lipinski definition) is 3. The van der Waals surface area contributed by atoms with Crippen molar-refractivity contribution < 1.29 is 0 Å². The largest absolute Gasteiger partial charge is 0.362 e. The highest BCUT2D eigenvalue weighted by atomic mass is 32.2. The summed E-state index contributed by atoms with van der Waals surface area (Å²) in [5.41, 5.74) is 2.61. The monoisotopic (exact) mass is 264 g/mol. The maximum absolute atomic E-state index is 3.68. The average Bonchev–Trinajstić information content (AvgIpc) is 2.37. The summed E-state index contributed by atoms with van der Waals surface area (Å²) in [5.74, 6) is 0. The lowest BCUT2D eigenvalue weighted by atomic mass is 10.0. The second-order valence-corrected chi connectivity index (χ2v) is 5.81. The van der Waals surface area contributed by atoms with E-state index in [0.717, 1.165) is 18.5 Å². The first-order chi connectivity index (χ1) is 8.52. The molecule has 0 amide bonds. The van der Waals surface area contributed by atoms with Crippen molar-refractivity contribution in [1.29, 1.82) is 0 Å². The minimum atomic E-state index is 0.160. The van der Waals surface area contributed by atoms with E-state index >= 15 is 0 Å². The van der Waals surface area contributed by atoms with Crippen molar-refractivity contribution in [3.63, 3.8) is 0 Å². The maximum Gasteiger partial charge on any atom is 0.0383 e. The molecule has 0 aromatic heterocycles. The number of aryl methyl sites for hydroxylation is 1. The van der Waals surface area contributed by atoms with Gasteiger partial charge in [-0.25, -0.2) is 0 Å². The van der Waals surface area contributed by atoms with E-state index in [9.17, 15) is 0 Å². The molecule has 0 atom stereocenters. The third-order valence-corrected chi connectivity index (χ3v) is 4.30. The molecule has 0 fully saturated rings. The summed E-state index contributed by atoms with van der Waals surface area (Å²) in [4.78, 5) is 1.30. The van der Waals surface area contributed by atoms with Gasteiger partial charge in [0.05, 0.1) is 0 Å². The lowest BCUT2D eigenvalue weighted by Crippen LogP contribution is -2.33. The zero-order valence-electron chi connectivity index (χ0n) is 11.8. The quantitative estimate of drug-likeness (QED) is 0.704. The van der Waals surface area contributed by atoms with Crippen molar-refractivity contribution in [2.45, 2.75) is 51.0 Å². The highest BCUT2D eigenvalue weighted by Gasteiger charge is 2.15. The van der Waals surface area contributed by atoms with Gasteiger partial charge in [0.1, 0.15) is 0 Å². The van der Waals surface area contributed by atoms with Crippen LogP contribution in [0.25, 0.3) is 0 Å². The Hall–Kier alpha value is -0.930. The van der Waals surface area contributed by atoms with Gasteiger partial charge >= 0.3 is 0 Å². The van der Waals surface area contributed by atoms with Crippen LogP contribution in [-0.4, -0.2) is 5.54 Å². The van der Waals surface area contributed by atoms with Crippen molar-refractivity contribution in [2.24, 2.45) is 0 Å². The molecule has 0 saturated heterocycles. The van der Waals surface area contributed by atoms with Crippen molar-refractivity contribution >= 4 is 17.6 Å². The summed E-state index contributed by atoms with van der Waals surface area (Å²) in [5, 5.41) is 3.13. The Morgan fingerprint density at radius 1 is 1.33 bits per heavy atom. The molecule has 2 nitrogen and oxygen atoms in total. The molecule has 0 saturated carbocycles. The topological polar surface area (TPSA) is 24.1 Å². The fourth-order valence-corrected chi connectivity index (χ4v) is 2.43. The van der Waals surface area contributed by atoms with Crippen molar-refractivity contribution in [3.8, 4) is 0 Å². The normalized spacial score (nSPS) is 11.3. The van der Waals surface area contributed by atoms with Gasteiger partial charge < -0.3 is 5.32 Å². The number of anilines is 1. The molecule has 0 radical (unpaired) electrons. The Morgan fingerprint density at radius 3 is 2.61 bits per heavy atom. The van der Waals surface area contributed by atoms with E-state index < -0.39 is 0 Å². The molecule has 2 N–H and O–H groups in total. The zero-order valence-corrected chi connectivity index (χ0v) is 12.7. The van der Waals surface area contributed by atoms with Gasteiger partial charge in [-0.15, -0.1) is 0 Å². The fourth-order valence-electron chi connectivity index (χ4n) is 1.43. The predicted molar refractivity (Wildman–Crippen MR) is 83.0 cm³/mol. The highest BCUT2D eigenvalue weighted by molar-refractivity contribution is 7.97. The van der Waals surface area contributed by atoms with Gasteiger partial charge in [0.2, 0.25) is 0 Å². The van der Waals surface area contributed by atoms with Crippen LogP contribution < -0.4 is 10.0 Å². The average molecular weight is 264 g/mol. The Morgan fingerprint density at radius 2 is 2.06 bits per heavy atom. The molecular weight excluding hydrogens is 240 g/mol. The molecule has 0 heterocycles. The van der Waals surface area contributed by atoms with E-state index in [1.807, 2.05) is 0 Å². The van der Waals surface area contributed by atoms with Crippen LogP contribution in [0.1, 0.15) is 39.7 Å². The number of rotatable bonds is 7. The molecule has 1 rings (SSSR count). The van der Waals surface area contributed by atoms with E-state index in [0.29, 0.717) is 0 Å². The second kappa shape index (κ2) is 6.86. The number of benzene rings is 1. The summed E-state index contributed by atoms with van der Waals surface area (Å²) in [6, 6.07) is 6.43. The van der Waals surface area contributed by atoms with Gasteiger partial charge in [-0.3, -0.25) is 4.72 Å². The molecule has 0 aliphatic heterocycles. The van der Waals surface area contributed by atoms with E-state index in [-0.39, 0.29) is 5.54 Å². The molecule has 0 spiro atoms.